The number of hydrogen-bond acceptors (Lipinski definition) is 4. The monoisotopic (exact) mass is 376 g/mol. The number of morpholine rings is 1. The van der Waals surface area contributed by atoms with Crippen molar-refractivity contribution in [1.82, 2.24) is 19.7 Å². The number of nitrogens with one attached hydrogen (secondary N) is 1. The number of piperidine rings is 1. The number of rotatable bonds is 4. The Bertz CT molecular complexity index is 701. The van der Waals surface area contributed by atoms with E-state index in [0.29, 0.717) is 11.8 Å². The second-order valence-corrected chi connectivity index (χ2v) is 8.03. The van der Waals surface area contributed by atoms with Gasteiger partial charge in [0.1, 0.15) is 0 Å². The smallest absolute Gasteiger partial charge is 0.250 e. The quantitative estimate of drug-likeness (QED) is 0.622. The first-order valence-electron chi connectivity index (χ1n) is 9.73. The number of pyridine rings is 1. The van der Waals surface area contributed by atoms with Gasteiger partial charge >= 0.3 is 0 Å². The molecule has 3 aliphatic rings. The summed E-state index contributed by atoms with van der Waals surface area (Å²) in [5.41, 5.74) is 1.31. The molecule has 0 aliphatic carbocycles. The van der Waals surface area contributed by atoms with E-state index in [2.05, 4.69) is 21.2 Å². The second-order valence-electron chi connectivity index (χ2n) is 7.64. The van der Waals surface area contributed by atoms with Crippen LogP contribution >= 0.6 is 12.2 Å². The minimum atomic E-state index is 0.134. The fraction of sp³-hybridized carbons (Fsp3) is 0.684. The summed E-state index contributed by atoms with van der Waals surface area (Å²) in [5.74, 6) is 0.916. The molecule has 1 aromatic rings. The maximum absolute atomic E-state index is 12.1. The van der Waals surface area contributed by atoms with E-state index >= 15 is 0 Å². The van der Waals surface area contributed by atoms with Gasteiger partial charge in [0.2, 0.25) is 0 Å². The average molecular weight is 377 g/mol. The molecular weight excluding hydrogens is 348 g/mol. The zero-order valence-electron chi connectivity index (χ0n) is 15.2. The first-order valence-corrected chi connectivity index (χ1v) is 10.1. The first kappa shape index (κ1) is 17.9. The Morgan fingerprint density at radius 1 is 1.23 bits per heavy atom. The molecule has 1 aromatic heterocycles. The molecule has 0 unspecified atom stereocenters. The highest BCUT2D eigenvalue weighted by atomic mass is 32.1. The van der Waals surface area contributed by atoms with Gasteiger partial charge in [-0.15, -0.1) is 0 Å². The van der Waals surface area contributed by atoms with E-state index in [9.17, 15) is 4.79 Å². The molecular formula is C19H28N4O2S. The summed E-state index contributed by atoms with van der Waals surface area (Å²) in [7, 11) is 0. The number of aromatic nitrogens is 1. The third kappa shape index (κ3) is 3.94. The van der Waals surface area contributed by atoms with Gasteiger partial charge in [-0.3, -0.25) is 9.69 Å². The molecule has 26 heavy (non-hydrogen) atoms. The molecule has 0 amide bonds. The maximum atomic E-state index is 12.1. The zero-order chi connectivity index (χ0) is 17.9. The number of thiocarbonyl (C=S) groups is 1. The Kier molecular flexibility index (Phi) is 5.57. The summed E-state index contributed by atoms with van der Waals surface area (Å²) < 4.78 is 7.35. The van der Waals surface area contributed by atoms with Crippen LogP contribution in [0.25, 0.3) is 0 Å². The highest BCUT2D eigenvalue weighted by Gasteiger charge is 2.35. The molecule has 3 aliphatic heterocycles. The van der Waals surface area contributed by atoms with E-state index in [1.165, 1.54) is 12.1 Å². The Labute approximate surface area is 160 Å². The predicted molar refractivity (Wildman–Crippen MR) is 106 cm³/mol. The Balaban J connectivity index is 1.28. The number of likely N-dealkylation sites (tertiary alicyclic amines) is 1. The van der Waals surface area contributed by atoms with E-state index in [1.807, 2.05) is 10.6 Å². The van der Waals surface area contributed by atoms with Crippen molar-refractivity contribution in [3.63, 3.8) is 0 Å². The minimum Gasteiger partial charge on any atom is -0.379 e. The number of fused-ring (bicyclic) bond motifs is 4. The van der Waals surface area contributed by atoms with E-state index in [1.54, 1.807) is 6.07 Å². The third-order valence-electron chi connectivity index (χ3n) is 5.80. The van der Waals surface area contributed by atoms with E-state index in [-0.39, 0.29) is 5.56 Å². The van der Waals surface area contributed by atoms with Gasteiger partial charge in [0, 0.05) is 56.9 Å². The summed E-state index contributed by atoms with van der Waals surface area (Å²) in [6, 6.07) is 5.66. The van der Waals surface area contributed by atoms with Gasteiger partial charge in [0.15, 0.2) is 5.11 Å². The van der Waals surface area contributed by atoms with Crippen molar-refractivity contribution in [3.8, 4) is 0 Å². The summed E-state index contributed by atoms with van der Waals surface area (Å²) in [4.78, 5) is 16.9. The van der Waals surface area contributed by atoms with Gasteiger partial charge in [-0.2, -0.15) is 0 Å². The molecule has 2 atom stereocenters. The van der Waals surface area contributed by atoms with Crippen molar-refractivity contribution in [2.75, 3.05) is 52.5 Å². The lowest BCUT2D eigenvalue weighted by molar-refractivity contribution is 0.0375. The molecule has 0 saturated carbocycles. The normalized spacial score (nSPS) is 25.6. The van der Waals surface area contributed by atoms with Crippen LogP contribution in [0.15, 0.2) is 23.0 Å². The van der Waals surface area contributed by atoms with Gasteiger partial charge in [-0.25, -0.2) is 0 Å². The van der Waals surface area contributed by atoms with Crippen molar-refractivity contribution < 1.29 is 4.74 Å². The number of ether oxygens (including phenoxy) is 1. The second kappa shape index (κ2) is 8.06. The molecule has 2 fully saturated rings. The van der Waals surface area contributed by atoms with Crippen LogP contribution in [-0.4, -0.2) is 72.0 Å². The lowest BCUT2D eigenvalue weighted by atomic mass is 9.83. The molecule has 2 bridgehead atoms. The van der Waals surface area contributed by atoms with Crippen LogP contribution in [0.5, 0.6) is 0 Å². The summed E-state index contributed by atoms with van der Waals surface area (Å²) in [6.45, 7) is 8.49. The third-order valence-corrected chi connectivity index (χ3v) is 6.20. The van der Waals surface area contributed by atoms with Crippen LogP contribution in [-0.2, 0) is 11.3 Å². The summed E-state index contributed by atoms with van der Waals surface area (Å²) >= 11 is 5.66. The highest BCUT2D eigenvalue weighted by Crippen LogP contribution is 2.34. The fourth-order valence-corrected chi connectivity index (χ4v) is 4.75. The minimum absolute atomic E-state index is 0.134. The van der Waals surface area contributed by atoms with Crippen LogP contribution < -0.4 is 10.9 Å². The van der Waals surface area contributed by atoms with Crippen LogP contribution in [0.4, 0.5) is 0 Å². The lowest BCUT2D eigenvalue weighted by Gasteiger charge is -2.43. The SMILES string of the molecule is O=c1cccc2n1C[C@@H]1C[C@H]2CN(C(=S)NCCCN2CCOCC2)C1. The Morgan fingerprint density at radius 2 is 2.08 bits per heavy atom. The number of nitrogens with zero attached hydrogens (tertiary/aromatic N) is 3. The Hall–Kier alpha value is -1.44. The van der Waals surface area contributed by atoms with Crippen molar-refractivity contribution in [1.29, 1.82) is 0 Å². The fourth-order valence-electron chi connectivity index (χ4n) is 4.50. The van der Waals surface area contributed by atoms with Gasteiger partial charge in [-0.1, -0.05) is 6.07 Å². The maximum Gasteiger partial charge on any atom is 0.250 e. The van der Waals surface area contributed by atoms with Crippen molar-refractivity contribution in [2.45, 2.75) is 25.3 Å². The highest BCUT2D eigenvalue weighted by molar-refractivity contribution is 7.80. The van der Waals surface area contributed by atoms with Crippen LogP contribution in [0.1, 0.15) is 24.5 Å². The van der Waals surface area contributed by atoms with Gasteiger partial charge in [-0.05, 0) is 43.6 Å². The first-order chi connectivity index (χ1) is 12.7. The van der Waals surface area contributed by atoms with Crippen LogP contribution in [0.3, 0.4) is 0 Å². The molecule has 4 rings (SSSR count). The standard InChI is InChI=1S/C19H28N4O2S/c24-18-4-1-3-17-16-11-15(13-23(17)18)12-22(14-16)19(26)20-5-2-6-21-7-9-25-10-8-21/h1,3-4,15-16H,2,5-14H2,(H,20,26)/t15-,16+/m1/s1. The van der Waals surface area contributed by atoms with Gasteiger partial charge in [0.05, 0.1) is 13.2 Å². The van der Waals surface area contributed by atoms with Crippen molar-refractivity contribution in [3.05, 3.63) is 34.2 Å². The topological polar surface area (TPSA) is 49.7 Å². The van der Waals surface area contributed by atoms with Gasteiger partial charge < -0.3 is 19.5 Å². The molecule has 0 spiro atoms. The molecule has 0 radical (unpaired) electrons. The average Bonchev–Trinajstić information content (AvgIpc) is 2.67. The predicted octanol–water partition coefficient (Wildman–Crippen LogP) is 0.864. The molecule has 7 heteroatoms. The summed E-state index contributed by atoms with van der Waals surface area (Å²) in [5, 5.41) is 4.32. The van der Waals surface area contributed by atoms with Crippen LogP contribution in [0.2, 0.25) is 0 Å². The van der Waals surface area contributed by atoms with E-state index in [4.69, 9.17) is 17.0 Å². The van der Waals surface area contributed by atoms with Crippen LogP contribution in [0, 0.1) is 5.92 Å². The molecule has 1 N–H and O–H groups in total. The number of hydrogen-bond donors (Lipinski definition) is 1. The molecule has 142 valence electrons. The van der Waals surface area contributed by atoms with Crippen molar-refractivity contribution in [2.24, 2.45) is 5.92 Å². The van der Waals surface area contributed by atoms with Gasteiger partial charge in [0.25, 0.3) is 5.56 Å². The Morgan fingerprint density at radius 3 is 2.92 bits per heavy atom. The zero-order valence-corrected chi connectivity index (χ0v) is 16.0. The molecule has 4 heterocycles. The van der Waals surface area contributed by atoms with E-state index < -0.39 is 0 Å². The molecule has 2 saturated heterocycles. The molecule has 6 nitrogen and oxygen atoms in total. The lowest BCUT2D eigenvalue weighted by Crippen LogP contribution is -2.52. The molecule has 0 aromatic carbocycles. The summed E-state index contributed by atoms with van der Waals surface area (Å²) in [6.07, 6.45) is 2.26. The largest absolute Gasteiger partial charge is 0.379 e. The van der Waals surface area contributed by atoms with Crippen molar-refractivity contribution >= 4 is 17.3 Å². The van der Waals surface area contributed by atoms with E-state index in [0.717, 1.165) is 70.6 Å².